The van der Waals surface area contributed by atoms with Gasteiger partial charge in [-0.2, -0.15) is 5.10 Å². The second kappa shape index (κ2) is 6.32. The summed E-state index contributed by atoms with van der Waals surface area (Å²) in [7, 11) is 0. The third-order valence-electron chi connectivity index (χ3n) is 3.40. The van der Waals surface area contributed by atoms with Gasteiger partial charge in [0.15, 0.2) is 0 Å². The summed E-state index contributed by atoms with van der Waals surface area (Å²) in [6, 6.07) is 9.97. The fourth-order valence-corrected chi connectivity index (χ4v) is 2.06. The molecule has 0 bridgehead atoms. The van der Waals surface area contributed by atoms with Crippen LogP contribution in [-0.2, 0) is 10.2 Å². The van der Waals surface area contributed by atoms with E-state index in [1.54, 1.807) is 4.68 Å². The summed E-state index contributed by atoms with van der Waals surface area (Å²) in [6.45, 7) is 8.66. The van der Waals surface area contributed by atoms with Gasteiger partial charge in [0, 0.05) is 24.4 Å². The number of anilines is 1. The van der Waals surface area contributed by atoms with E-state index in [0.29, 0.717) is 18.8 Å². The number of nitrogens with one attached hydrogen (secondary N) is 1. The van der Waals surface area contributed by atoms with Gasteiger partial charge in [0.05, 0.1) is 11.4 Å². The van der Waals surface area contributed by atoms with E-state index < -0.39 is 0 Å². The molecule has 118 valence electrons. The number of nitrogens with two attached hydrogens (primary N) is 1. The van der Waals surface area contributed by atoms with E-state index >= 15 is 0 Å². The van der Waals surface area contributed by atoms with E-state index in [1.165, 1.54) is 5.56 Å². The number of carbonyl (C=O) groups excluding carboxylic acids is 1. The Morgan fingerprint density at radius 1 is 1.27 bits per heavy atom. The van der Waals surface area contributed by atoms with Crippen molar-refractivity contribution in [2.45, 2.75) is 39.5 Å². The molecule has 0 saturated heterocycles. The molecule has 0 aliphatic rings. The van der Waals surface area contributed by atoms with Crippen LogP contribution in [0.1, 0.15) is 38.4 Å². The largest absolute Gasteiger partial charge is 0.330 e. The van der Waals surface area contributed by atoms with Crippen LogP contribution < -0.4 is 11.1 Å². The van der Waals surface area contributed by atoms with E-state index in [1.807, 2.05) is 37.3 Å². The highest BCUT2D eigenvalue weighted by atomic mass is 16.1. The molecule has 2 aromatic rings. The molecule has 22 heavy (non-hydrogen) atoms. The SMILES string of the molecule is Cc1ccc(-n2nc(C(C)(C)C)cc2NC(=O)CCN)cc1. The first-order valence-electron chi connectivity index (χ1n) is 7.49. The Morgan fingerprint density at radius 3 is 2.45 bits per heavy atom. The van der Waals surface area contributed by atoms with Crippen LogP contribution in [-0.4, -0.2) is 22.2 Å². The summed E-state index contributed by atoms with van der Waals surface area (Å²) in [5.41, 5.74) is 8.37. The Bertz CT molecular complexity index is 650. The molecule has 3 N–H and O–H groups in total. The summed E-state index contributed by atoms with van der Waals surface area (Å²) < 4.78 is 1.77. The first-order chi connectivity index (χ1) is 10.3. The number of amides is 1. The van der Waals surface area contributed by atoms with Crippen LogP contribution in [0.3, 0.4) is 0 Å². The van der Waals surface area contributed by atoms with Crippen LogP contribution in [0.5, 0.6) is 0 Å². The molecule has 0 fully saturated rings. The second-order valence-electron chi connectivity index (χ2n) is 6.50. The van der Waals surface area contributed by atoms with Gasteiger partial charge in [-0.05, 0) is 19.1 Å². The summed E-state index contributed by atoms with van der Waals surface area (Å²) in [4.78, 5) is 11.9. The first kappa shape index (κ1) is 16.2. The van der Waals surface area contributed by atoms with Crippen LogP contribution in [0, 0.1) is 6.92 Å². The number of aromatic nitrogens is 2. The highest BCUT2D eigenvalue weighted by Gasteiger charge is 2.21. The molecule has 1 heterocycles. The van der Waals surface area contributed by atoms with Gasteiger partial charge in [-0.3, -0.25) is 4.79 Å². The lowest BCUT2D eigenvalue weighted by molar-refractivity contribution is -0.116. The van der Waals surface area contributed by atoms with Crippen LogP contribution in [0.2, 0.25) is 0 Å². The lowest BCUT2D eigenvalue weighted by atomic mass is 9.92. The highest BCUT2D eigenvalue weighted by Crippen LogP contribution is 2.26. The van der Waals surface area contributed by atoms with E-state index in [0.717, 1.165) is 11.4 Å². The van der Waals surface area contributed by atoms with E-state index in [4.69, 9.17) is 5.73 Å². The molecule has 0 radical (unpaired) electrons. The topological polar surface area (TPSA) is 72.9 Å². The maximum Gasteiger partial charge on any atom is 0.226 e. The Morgan fingerprint density at radius 2 is 1.91 bits per heavy atom. The molecule has 2 rings (SSSR count). The Kier molecular flexibility index (Phi) is 4.66. The maximum absolute atomic E-state index is 11.9. The molecular formula is C17H24N4O. The van der Waals surface area contributed by atoms with Crippen molar-refractivity contribution < 1.29 is 4.79 Å². The predicted molar refractivity (Wildman–Crippen MR) is 89.3 cm³/mol. The number of aryl methyl sites for hydroxylation is 1. The third-order valence-corrected chi connectivity index (χ3v) is 3.40. The standard InChI is InChI=1S/C17H24N4O/c1-12-5-7-13(8-6-12)21-15(19-16(22)9-10-18)11-14(20-21)17(2,3)4/h5-8,11H,9-10,18H2,1-4H3,(H,19,22). The van der Waals surface area contributed by atoms with Crippen LogP contribution in [0.15, 0.2) is 30.3 Å². The highest BCUT2D eigenvalue weighted by molar-refractivity contribution is 5.90. The minimum atomic E-state index is -0.101. The van der Waals surface area contributed by atoms with Crippen molar-refractivity contribution in [3.8, 4) is 5.69 Å². The van der Waals surface area contributed by atoms with E-state index in [9.17, 15) is 4.79 Å². The zero-order valence-electron chi connectivity index (χ0n) is 13.7. The van der Waals surface area contributed by atoms with Crippen LogP contribution in [0.4, 0.5) is 5.82 Å². The Labute approximate surface area is 131 Å². The maximum atomic E-state index is 11.9. The van der Waals surface area contributed by atoms with Crippen LogP contribution >= 0.6 is 0 Å². The molecular weight excluding hydrogens is 276 g/mol. The minimum Gasteiger partial charge on any atom is -0.330 e. The van der Waals surface area contributed by atoms with Crippen molar-refractivity contribution in [1.29, 1.82) is 0 Å². The predicted octanol–water partition coefficient (Wildman–Crippen LogP) is 2.77. The van der Waals surface area contributed by atoms with E-state index in [2.05, 4.69) is 31.2 Å². The molecule has 0 atom stereocenters. The third kappa shape index (κ3) is 3.74. The molecule has 1 amide bonds. The molecule has 1 aromatic heterocycles. The van der Waals surface area contributed by atoms with Crippen molar-refractivity contribution in [2.75, 3.05) is 11.9 Å². The second-order valence-corrected chi connectivity index (χ2v) is 6.50. The van der Waals surface area contributed by atoms with Crippen LogP contribution in [0.25, 0.3) is 5.69 Å². The fourth-order valence-electron chi connectivity index (χ4n) is 2.06. The summed E-state index contributed by atoms with van der Waals surface area (Å²) in [5, 5.41) is 7.56. The number of hydrogen-bond donors (Lipinski definition) is 2. The van der Waals surface area contributed by atoms with Gasteiger partial charge in [0.25, 0.3) is 0 Å². The molecule has 5 nitrogen and oxygen atoms in total. The average Bonchev–Trinajstić information content (AvgIpc) is 2.83. The van der Waals surface area contributed by atoms with Crippen molar-refractivity contribution in [3.63, 3.8) is 0 Å². The number of benzene rings is 1. The van der Waals surface area contributed by atoms with Crippen molar-refractivity contribution >= 4 is 11.7 Å². The molecule has 5 heteroatoms. The average molecular weight is 300 g/mol. The van der Waals surface area contributed by atoms with Crippen molar-refractivity contribution in [2.24, 2.45) is 5.73 Å². The van der Waals surface area contributed by atoms with Crippen molar-refractivity contribution in [3.05, 3.63) is 41.6 Å². The van der Waals surface area contributed by atoms with Gasteiger partial charge in [0.2, 0.25) is 5.91 Å². The van der Waals surface area contributed by atoms with Crippen molar-refractivity contribution in [1.82, 2.24) is 9.78 Å². The fraction of sp³-hybridized carbons (Fsp3) is 0.412. The number of rotatable bonds is 4. The molecule has 0 unspecified atom stereocenters. The lowest BCUT2D eigenvalue weighted by Crippen LogP contribution is -2.18. The quantitative estimate of drug-likeness (QED) is 0.912. The number of hydrogen-bond acceptors (Lipinski definition) is 3. The first-order valence-corrected chi connectivity index (χ1v) is 7.49. The monoisotopic (exact) mass is 300 g/mol. The molecule has 0 saturated carbocycles. The summed E-state index contributed by atoms with van der Waals surface area (Å²) in [5.74, 6) is 0.573. The summed E-state index contributed by atoms with van der Waals surface area (Å²) in [6.07, 6.45) is 0.296. The van der Waals surface area contributed by atoms with Gasteiger partial charge in [-0.25, -0.2) is 4.68 Å². The minimum absolute atomic E-state index is 0.0940. The molecule has 0 spiro atoms. The number of carbonyl (C=O) groups is 1. The van der Waals surface area contributed by atoms with Gasteiger partial charge >= 0.3 is 0 Å². The smallest absolute Gasteiger partial charge is 0.226 e. The van der Waals surface area contributed by atoms with Gasteiger partial charge < -0.3 is 11.1 Å². The van der Waals surface area contributed by atoms with Gasteiger partial charge in [-0.1, -0.05) is 38.5 Å². The lowest BCUT2D eigenvalue weighted by Gasteiger charge is -2.14. The zero-order valence-corrected chi connectivity index (χ0v) is 13.7. The van der Waals surface area contributed by atoms with Gasteiger partial charge in [-0.15, -0.1) is 0 Å². The van der Waals surface area contributed by atoms with E-state index in [-0.39, 0.29) is 11.3 Å². The number of nitrogens with zero attached hydrogens (tertiary/aromatic N) is 2. The molecule has 1 aromatic carbocycles. The van der Waals surface area contributed by atoms with Gasteiger partial charge in [0.1, 0.15) is 5.82 Å². The summed E-state index contributed by atoms with van der Waals surface area (Å²) >= 11 is 0. The normalized spacial score (nSPS) is 11.5. The zero-order chi connectivity index (χ0) is 16.3. The molecule has 0 aliphatic carbocycles. The Balaban J connectivity index is 2.43. The molecule has 0 aliphatic heterocycles. The Hall–Kier alpha value is -2.14.